The Morgan fingerprint density at radius 3 is 2.59 bits per heavy atom. The number of benzene rings is 1. The van der Waals surface area contributed by atoms with Crippen molar-refractivity contribution in [2.24, 2.45) is 5.92 Å². The highest BCUT2D eigenvalue weighted by Crippen LogP contribution is 2.32. The van der Waals surface area contributed by atoms with Crippen LogP contribution in [-0.2, 0) is 34.2 Å². The molecule has 2 aromatic rings. The van der Waals surface area contributed by atoms with E-state index in [0.29, 0.717) is 26.2 Å². The third-order valence-electron chi connectivity index (χ3n) is 4.65. The number of methoxy groups -OCH3 is 1. The molecule has 0 bridgehead atoms. The predicted molar refractivity (Wildman–Crippen MR) is 100 cm³/mol. The van der Waals surface area contributed by atoms with Gasteiger partial charge in [0.2, 0.25) is 15.0 Å². The zero-order valence-corrected chi connectivity index (χ0v) is 16.6. The first kappa shape index (κ1) is 20.0. The van der Waals surface area contributed by atoms with Crippen molar-refractivity contribution in [1.29, 1.82) is 0 Å². The molecule has 0 radical (unpaired) electrons. The van der Waals surface area contributed by atoms with Crippen LogP contribution in [0.25, 0.3) is 0 Å². The van der Waals surface area contributed by atoms with Crippen LogP contribution in [0.2, 0.25) is 0 Å². The third kappa shape index (κ3) is 5.37. The van der Waals surface area contributed by atoms with Gasteiger partial charge in [-0.2, -0.15) is 0 Å². The van der Waals surface area contributed by atoms with Crippen molar-refractivity contribution in [1.82, 2.24) is 14.5 Å². The first-order valence-corrected chi connectivity index (χ1v) is 10.7. The van der Waals surface area contributed by atoms with Crippen molar-refractivity contribution < 1.29 is 17.5 Å². The van der Waals surface area contributed by atoms with Crippen LogP contribution >= 0.6 is 0 Å². The van der Waals surface area contributed by atoms with Gasteiger partial charge in [-0.1, -0.05) is 12.1 Å². The zero-order valence-electron chi connectivity index (χ0n) is 15.8. The largest absolute Gasteiger partial charge is 0.383 e. The predicted octanol–water partition coefficient (Wildman–Crippen LogP) is 2.48. The molecule has 0 N–H and O–H groups in total. The minimum absolute atomic E-state index is 0.136. The van der Waals surface area contributed by atoms with E-state index in [4.69, 9.17) is 4.74 Å². The fourth-order valence-electron chi connectivity index (χ4n) is 3.09. The molecule has 3 rings (SSSR count). The number of aromatic nitrogens is 2. The number of ether oxygens (including phenoxy) is 1. The summed E-state index contributed by atoms with van der Waals surface area (Å²) in [6.07, 6.45) is 3.59. The van der Waals surface area contributed by atoms with E-state index in [1.807, 2.05) is 11.9 Å². The first-order chi connectivity index (χ1) is 12.9. The maximum absolute atomic E-state index is 13.1. The summed E-state index contributed by atoms with van der Waals surface area (Å²) in [5.41, 5.74) is 1.81. The highest BCUT2D eigenvalue weighted by atomic mass is 32.2. The normalized spacial score (nSPS) is 14.8. The van der Waals surface area contributed by atoms with Crippen LogP contribution in [0.1, 0.15) is 24.1 Å². The van der Waals surface area contributed by atoms with Gasteiger partial charge in [0.25, 0.3) is 0 Å². The number of hydrogen-bond donors (Lipinski definition) is 0. The van der Waals surface area contributed by atoms with Crippen molar-refractivity contribution in [2.45, 2.75) is 37.6 Å². The van der Waals surface area contributed by atoms with Gasteiger partial charge in [0.1, 0.15) is 5.82 Å². The van der Waals surface area contributed by atoms with Gasteiger partial charge in [-0.05, 0) is 43.5 Å². The lowest BCUT2D eigenvalue weighted by Crippen LogP contribution is -2.22. The molecule has 6 nitrogen and oxygen atoms in total. The molecular weight excluding hydrogens is 369 g/mol. The van der Waals surface area contributed by atoms with Crippen molar-refractivity contribution in [3.63, 3.8) is 0 Å². The monoisotopic (exact) mass is 395 g/mol. The Labute approximate surface area is 159 Å². The fourth-order valence-corrected chi connectivity index (χ4v) is 4.95. The molecule has 8 heteroatoms. The van der Waals surface area contributed by atoms with Crippen LogP contribution in [0.3, 0.4) is 0 Å². The van der Waals surface area contributed by atoms with Gasteiger partial charge in [0.05, 0.1) is 24.3 Å². The summed E-state index contributed by atoms with van der Waals surface area (Å²) < 4.78 is 45.4. The summed E-state index contributed by atoms with van der Waals surface area (Å²) in [5.74, 6) is 0.179. The van der Waals surface area contributed by atoms with Crippen LogP contribution in [0.4, 0.5) is 4.39 Å². The van der Waals surface area contributed by atoms with Gasteiger partial charge < -0.3 is 9.30 Å². The summed E-state index contributed by atoms with van der Waals surface area (Å²) in [6, 6.07) is 6.38. The van der Waals surface area contributed by atoms with Gasteiger partial charge in [-0.15, -0.1) is 0 Å². The van der Waals surface area contributed by atoms with E-state index in [1.165, 1.54) is 12.1 Å². The molecule has 0 spiro atoms. The summed E-state index contributed by atoms with van der Waals surface area (Å²) in [6.45, 7) is 2.01. The van der Waals surface area contributed by atoms with Crippen molar-refractivity contribution in [2.75, 3.05) is 26.5 Å². The van der Waals surface area contributed by atoms with Crippen LogP contribution in [-0.4, -0.2) is 49.4 Å². The fraction of sp³-hybridized carbons (Fsp3) is 0.526. The van der Waals surface area contributed by atoms with E-state index in [9.17, 15) is 12.8 Å². The second kappa shape index (κ2) is 8.50. The lowest BCUT2D eigenvalue weighted by atomic mass is 10.2. The second-order valence-corrected chi connectivity index (χ2v) is 9.13. The molecule has 148 valence electrons. The SMILES string of the molecule is COCCn1c(CN(C)Cc2ccc(F)cc2)cnc1S(=O)(=O)CC1CC1. The number of hydrogen-bond acceptors (Lipinski definition) is 5. The molecule has 1 aromatic heterocycles. The van der Waals surface area contributed by atoms with Crippen LogP contribution < -0.4 is 0 Å². The Balaban J connectivity index is 1.76. The molecular formula is C19H26FN3O3S. The minimum atomic E-state index is -3.40. The second-order valence-electron chi connectivity index (χ2n) is 7.20. The Morgan fingerprint density at radius 2 is 1.96 bits per heavy atom. The van der Waals surface area contributed by atoms with Crippen molar-refractivity contribution >= 4 is 9.84 Å². The quantitative estimate of drug-likeness (QED) is 0.618. The molecule has 0 unspecified atom stereocenters. The summed E-state index contributed by atoms with van der Waals surface area (Å²) in [7, 11) is 0.132. The Bertz CT molecular complexity index is 861. The molecule has 0 aliphatic heterocycles. The molecule has 1 fully saturated rings. The summed E-state index contributed by atoms with van der Waals surface area (Å²) >= 11 is 0. The molecule has 0 saturated heterocycles. The van der Waals surface area contributed by atoms with E-state index in [-0.39, 0.29) is 22.6 Å². The Kier molecular flexibility index (Phi) is 6.29. The van der Waals surface area contributed by atoms with Crippen molar-refractivity contribution in [3.8, 4) is 0 Å². The Hall–Kier alpha value is -1.77. The molecule has 1 aliphatic rings. The van der Waals surface area contributed by atoms with Crippen LogP contribution in [0, 0.1) is 11.7 Å². The lowest BCUT2D eigenvalue weighted by molar-refractivity contribution is 0.182. The highest BCUT2D eigenvalue weighted by molar-refractivity contribution is 7.91. The lowest BCUT2D eigenvalue weighted by Gasteiger charge is -2.19. The number of rotatable bonds is 10. The first-order valence-electron chi connectivity index (χ1n) is 9.08. The summed E-state index contributed by atoms with van der Waals surface area (Å²) in [4.78, 5) is 6.28. The van der Waals surface area contributed by atoms with E-state index in [0.717, 1.165) is 24.1 Å². The molecule has 1 saturated carbocycles. The zero-order chi connectivity index (χ0) is 19.4. The third-order valence-corrected chi connectivity index (χ3v) is 6.44. The van der Waals surface area contributed by atoms with Gasteiger partial charge in [0.15, 0.2) is 0 Å². The van der Waals surface area contributed by atoms with Crippen molar-refractivity contribution in [3.05, 3.63) is 47.5 Å². The maximum Gasteiger partial charge on any atom is 0.227 e. The average Bonchev–Trinajstić information content (AvgIpc) is 3.32. The van der Waals surface area contributed by atoms with Gasteiger partial charge in [0, 0.05) is 26.7 Å². The van der Waals surface area contributed by atoms with Gasteiger partial charge in [-0.25, -0.2) is 17.8 Å². The van der Waals surface area contributed by atoms with E-state index >= 15 is 0 Å². The van der Waals surface area contributed by atoms with E-state index in [2.05, 4.69) is 4.98 Å². The van der Waals surface area contributed by atoms with Gasteiger partial charge >= 0.3 is 0 Å². The van der Waals surface area contributed by atoms with Crippen LogP contribution in [0.5, 0.6) is 0 Å². The number of halogens is 1. The highest BCUT2D eigenvalue weighted by Gasteiger charge is 2.32. The number of sulfone groups is 1. The Morgan fingerprint density at radius 1 is 1.26 bits per heavy atom. The standard InChI is InChI=1S/C19H26FN3O3S/c1-22(12-15-5-7-17(20)8-6-15)13-18-11-21-19(23(18)9-10-26-2)27(24,25)14-16-3-4-16/h5-8,11,16H,3-4,9-10,12-14H2,1-2H3. The van der Waals surface area contributed by atoms with E-state index < -0.39 is 9.84 Å². The molecule has 1 aromatic carbocycles. The molecule has 27 heavy (non-hydrogen) atoms. The topological polar surface area (TPSA) is 64.4 Å². The molecule has 1 heterocycles. The van der Waals surface area contributed by atoms with E-state index in [1.54, 1.807) is 30.0 Å². The number of nitrogens with zero attached hydrogens (tertiary/aromatic N) is 3. The maximum atomic E-state index is 13.1. The summed E-state index contributed by atoms with van der Waals surface area (Å²) in [5, 5.41) is 0.136. The van der Waals surface area contributed by atoms with Crippen LogP contribution in [0.15, 0.2) is 35.6 Å². The molecule has 1 aliphatic carbocycles. The molecule has 0 atom stereocenters. The van der Waals surface area contributed by atoms with Gasteiger partial charge in [-0.3, -0.25) is 4.90 Å². The molecule has 0 amide bonds. The smallest absolute Gasteiger partial charge is 0.227 e. The average molecular weight is 396 g/mol. The minimum Gasteiger partial charge on any atom is -0.383 e. The number of imidazole rings is 1.